The Labute approximate surface area is 101 Å². The number of aromatic amines is 1. The molecule has 1 fully saturated rings. The van der Waals surface area contributed by atoms with Crippen molar-refractivity contribution in [2.45, 2.75) is 32.4 Å². The fraction of sp³-hybridized carbons (Fsp3) is 0.727. The molecule has 5 heteroatoms. The van der Waals surface area contributed by atoms with E-state index in [-0.39, 0.29) is 6.61 Å². The number of aliphatic hydroxyl groups excluding tert-OH is 1. The van der Waals surface area contributed by atoms with Gasteiger partial charge in [-0.2, -0.15) is 0 Å². The van der Waals surface area contributed by atoms with Crippen molar-refractivity contribution >= 4 is 12.2 Å². The molecular weight excluding hydrogens is 222 g/mol. The first-order chi connectivity index (χ1) is 7.76. The van der Waals surface area contributed by atoms with Crippen molar-refractivity contribution in [3.8, 4) is 0 Å². The molecule has 1 aromatic heterocycles. The minimum atomic E-state index is 0.0514. The van der Waals surface area contributed by atoms with Crippen molar-refractivity contribution in [1.29, 1.82) is 0 Å². The molecule has 1 aliphatic heterocycles. The van der Waals surface area contributed by atoms with Gasteiger partial charge in [0.05, 0.1) is 12.3 Å². The predicted molar refractivity (Wildman–Crippen MR) is 65.9 cm³/mol. The van der Waals surface area contributed by atoms with Crippen LogP contribution in [0.5, 0.6) is 0 Å². The molecule has 0 saturated carbocycles. The highest BCUT2D eigenvalue weighted by Crippen LogP contribution is 2.23. The second-order valence-electron chi connectivity index (χ2n) is 4.30. The van der Waals surface area contributed by atoms with Crippen LogP contribution >= 0.6 is 12.2 Å². The third kappa shape index (κ3) is 2.21. The summed E-state index contributed by atoms with van der Waals surface area (Å²) in [6.45, 7) is 5.54. The summed E-state index contributed by atoms with van der Waals surface area (Å²) in [6, 6.07) is 0.412. The Balaban J connectivity index is 2.22. The molecular formula is C11H19N3OS. The van der Waals surface area contributed by atoms with Gasteiger partial charge in [-0.3, -0.25) is 0 Å². The van der Waals surface area contributed by atoms with E-state index in [1.807, 2.05) is 6.20 Å². The monoisotopic (exact) mass is 241 g/mol. The number of likely N-dealkylation sites (tertiary alicyclic amines) is 1. The highest BCUT2D eigenvalue weighted by Gasteiger charge is 2.22. The van der Waals surface area contributed by atoms with E-state index in [0.29, 0.717) is 6.04 Å². The van der Waals surface area contributed by atoms with E-state index in [0.717, 1.165) is 30.0 Å². The molecule has 0 aromatic carbocycles. The molecule has 16 heavy (non-hydrogen) atoms. The van der Waals surface area contributed by atoms with E-state index < -0.39 is 0 Å². The Hall–Kier alpha value is -0.650. The van der Waals surface area contributed by atoms with Gasteiger partial charge in [0.2, 0.25) is 0 Å². The highest BCUT2D eigenvalue weighted by molar-refractivity contribution is 7.71. The molecule has 1 saturated heterocycles. The van der Waals surface area contributed by atoms with Gasteiger partial charge in [0.1, 0.15) is 0 Å². The molecule has 4 nitrogen and oxygen atoms in total. The number of aliphatic hydroxyl groups is 1. The van der Waals surface area contributed by atoms with Crippen molar-refractivity contribution in [1.82, 2.24) is 14.5 Å². The van der Waals surface area contributed by atoms with Crippen molar-refractivity contribution in [3.05, 3.63) is 16.7 Å². The Morgan fingerprint density at radius 3 is 3.12 bits per heavy atom. The highest BCUT2D eigenvalue weighted by atomic mass is 32.1. The number of H-pyrrole nitrogens is 1. The van der Waals surface area contributed by atoms with Gasteiger partial charge < -0.3 is 19.6 Å². The molecule has 1 unspecified atom stereocenters. The number of aromatic nitrogens is 2. The zero-order valence-corrected chi connectivity index (χ0v) is 10.5. The molecule has 1 aromatic rings. The van der Waals surface area contributed by atoms with E-state index in [2.05, 4.69) is 21.4 Å². The normalized spacial score (nSPS) is 22.5. The predicted octanol–water partition coefficient (Wildman–Crippen LogP) is 1.69. The van der Waals surface area contributed by atoms with Crippen LogP contribution in [0, 0.1) is 4.77 Å². The first-order valence-electron chi connectivity index (χ1n) is 5.88. The average molecular weight is 241 g/mol. The first-order valence-corrected chi connectivity index (χ1v) is 6.29. The maximum absolute atomic E-state index is 9.28. The summed E-state index contributed by atoms with van der Waals surface area (Å²) < 4.78 is 2.81. The Morgan fingerprint density at radius 1 is 1.62 bits per heavy atom. The zero-order chi connectivity index (χ0) is 11.5. The number of likely N-dealkylation sites (N-methyl/N-ethyl adjacent to an activating group) is 1. The lowest BCUT2D eigenvalue weighted by atomic mass is 10.1. The number of hydrogen-bond donors (Lipinski definition) is 2. The SMILES string of the molecule is CCN1CCCC(n2c(CO)c[nH]c2=S)C1. The fourth-order valence-corrected chi connectivity index (χ4v) is 2.79. The molecule has 2 rings (SSSR count). The summed E-state index contributed by atoms with van der Waals surface area (Å²) in [5.74, 6) is 0. The van der Waals surface area contributed by atoms with Crippen LogP contribution in [-0.2, 0) is 6.61 Å². The lowest BCUT2D eigenvalue weighted by Gasteiger charge is -2.33. The van der Waals surface area contributed by atoms with Gasteiger partial charge in [-0.15, -0.1) is 0 Å². The van der Waals surface area contributed by atoms with E-state index >= 15 is 0 Å². The summed E-state index contributed by atoms with van der Waals surface area (Å²) in [6.07, 6.45) is 4.17. The van der Waals surface area contributed by atoms with Gasteiger partial charge in [0, 0.05) is 18.8 Å². The molecule has 0 bridgehead atoms. The van der Waals surface area contributed by atoms with Gasteiger partial charge in [-0.05, 0) is 38.1 Å². The smallest absolute Gasteiger partial charge is 0.177 e. The van der Waals surface area contributed by atoms with Crippen LogP contribution in [-0.4, -0.2) is 39.2 Å². The van der Waals surface area contributed by atoms with Crippen LogP contribution < -0.4 is 0 Å². The largest absolute Gasteiger partial charge is 0.390 e. The first kappa shape index (κ1) is 11.8. The third-order valence-corrected chi connectivity index (χ3v) is 3.66. The number of nitrogens with one attached hydrogen (secondary N) is 1. The Bertz CT molecular complexity index is 398. The lowest BCUT2D eigenvalue weighted by Crippen LogP contribution is -2.36. The molecule has 0 aliphatic carbocycles. The van der Waals surface area contributed by atoms with Gasteiger partial charge in [-0.25, -0.2) is 0 Å². The number of rotatable bonds is 3. The van der Waals surface area contributed by atoms with Crippen molar-refractivity contribution < 1.29 is 5.11 Å². The summed E-state index contributed by atoms with van der Waals surface area (Å²) >= 11 is 5.27. The quantitative estimate of drug-likeness (QED) is 0.792. The topological polar surface area (TPSA) is 44.2 Å². The average Bonchev–Trinajstić information content (AvgIpc) is 2.70. The maximum Gasteiger partial charge on any atom is 0.177 e. The van der Waals surface area contributed by atoms with E-state index in [4.69, 9.17) is 12.2 Å². The second kappa shape index (κ2) is 5.12. The molecule has 0 radical (unpaired) electrons. The molecule has 0 spiro atoms. The van der Waals surface area contributed by atoms with Crippen LogP contribution in [0.4, 0.5) is 0 Å². The number of imidazole rings is 1. The molecule has 1 atom stereocenters. The lowest BCUT2D eigenvalue weighted by molar-refractivity contribution is 0.176. The molecule has 2 N–H and O–H groups in total. The zero-order valence-electron chi connectivity index (χ0n) is 9.65. The molecule has 1 aliphatic rings. The summed E-state index contributed by atoms with van der Waals surface area (Å²) in [4.78, 5) is 5.45. The number of piperidine rings is 1. The van der Waals surface area contributed by atoms with Crippen LogP contribution in [0.2, 0.25) is 0 Å². The Morgan fingerprint density at radius 2 is 2.44 bits per heavy atom. The summed E-state index contributed by atoms with van der Waals surface area (Å²) in [7, 11) is 0. The van der Waals surface area contributed by atoms with E-state index in [9.17, 15) is 5.11 Å². The molecule has 90 valence electrons. The summed E-state index contributed by atoms with van der Waals surface area (Å²) in [5.41, 5.74) is 0.896. The minimum Gasteiger partial charge on any atom is -0.390 e. The summed E-state index contributed by atoms with van der Waals surface area (Å²) in [5, 5.41) is 9.28. The van der Waals surface area contributed by atoms with Crippen LogP contribution in [0.1, 0.15) is 31.5 Å². The standard InChI is InChI=1S/C11H19N3OS/c1-2-13-5-3-4-9(7-13)14-10(8-15)6-12-11(14)16/h6,9,15H,2-5,7-8H2,1H3,(H,12,16). The van der Waals surface area contributed by atoms with Gasteiger partial charge in [0.25, 0.3) is 0 Å². The van der Waals surface area contributed by atoms with Gasteiger partial charge in [-0.1, -0.05) is 6.92 Å². The van der Waals surface area contributed by atoms with Crippen LogP contribution in [0.3, 0.4) is 0 Å². The maximum atomic E-state index is 9.28. The van der Waals surface area contributed by atoms with Gasteiger partial charge in [0.15, 0.2) is 4.77 Å². The number of hydrogen-bond acceptors (Lipinski definition) is 3. The number of nitrogens with zero attached hydrogens (tertiary/aromatic N) is 2. The van der Waals surface area contributed by atoms with Crippen molar-refractivity contribution in [3.63, 3.8) is 0 Å². The second-order valence-corrected chi connectivity index (χ2v) is 4.69. The van der Waals surface area contributed by atoms with Gasteiger partial charge >= 0.3 is 0 Å². The van der Waals surface area contributed by atoms with Crippen LogP contribution in [0.25, 0.3) is 0 Å². The van der Waals surface area contributed by atoms with Crippen molar-refractivity contribution in [2.24, 2.45) is 0 Å². The van der Waals surface area contributed by atoms with Crippen LogP contribution in [0.15, 0.2) is 6.20 Å². The molecule has 2 heterocycles. The van der Waals surface area contributed by atoms with E-state index in [1.54, 1.807) is 0 Å². The fourth-order valence-electron chi connectivity index (χ4n) is 2.47. The third-order valence-electron chi connectivity index (χ3n) is 3.35. The van der Waals surface area contributed by atoms with Crippen molar-refractivity contribution in [2.75, 3.05) is 19.6 Å². The Kier molecular flexibility index (Phi) is 3.78. The molecule has 0 amide bonds. The minimum absolute atomic E-state index is 0.0514. The van der Waals surface area contributed by atoms with E-state index in [1.165, 1.54) is 13.0 Å².